The molecule has 0 bridgehead atoms. The van der Waals surface area contributed by atoms with Crippen molar-refractivity contribution in [3.8, 4) is 0 Å². The molecule has 4 heteroatoms. The zero-order chi connectivity index (χ0) is 13.8. The van der Waals surface area contributed by atoms with Crippen molar-refractivity contribution in [1.82, 2.24) is 4.98 Å². The summed E-state index contributed by atoms with van der Waals surface area (Å²) < 4.78 is 5.90. The minimum Gasteiger partial charge on any atom is -0.477 e. The fourth-order valence-electron chi connectivity index (χ4n) is 2.96. The van der Waals surface area contributed by atoms with Crippen LogP contribution in [0, 0.1) is 11.8 Å². The summed E-state index contributed by atoms with van der Waals surface area (Å²) in [5.41, 5.74) is 0.750. The topological polar surface area (TPSA) is 59.4 Å². The zero-order valence-electron chi connectivity index (χ0n) is 11.5. The van der Waals surface area contributed by atoms with Crippen LogP contribution < -0.4 is 0 Å². The van der Waals surface area contributed by atoms with Crippen LogP contribution in [0.1, 0.15) is 49.2 Å². The lowest BCUT2D eigenvalue weighted by Crippen LogP contribution is -2.26. The van der Waals surface area contributed by atoms with Gasteiger partial charge >= 0.3 is 5.97 Å². The quantitative estimate of drug-likeness (QED) is 0.906. The second-order valence-electron chi connectivity index (χ2n) is 5.67. The van der Waals surface area contributed by atoms with Crippen LogP contribution in [0.2, 0.25) is 0 Å². The standard InChI is InChI=1S/C15H21NO3/c1-10-6-11(2)8-13(7-10)19-9-12-4-3-5-16-14(12)15(17)18/h3-5,10-11,13H,6-9H2,1-2H3,(H,17,18). The predicted molar refractivity (Wildman–Crippen MR) is 72.0 cm³/mol. The van der Waals surface area contributed by atoms with Crippen molar-refractivity contribution >= 4 is 5.97 Å². The summed E-state index contributed by atoms with van der Waals surface area (Å²) in [4.78, 5) is 15.0. The molecule has 0 amide bonds. The van der Waals surface area contributed by atoms with Gasteiger partial charge in [0, 0.05) is 11.8 Å². The average molecular weight is 263 g/mol. The highest BCUT2D eigenvalue weighted by Crippen LogP contribution is 2.30. The van der Waals surface area contributed by atoms with E-state index >= 15 is 0 Å². The van der Waals surface area contributed by atoms with Gasteiger partial charge in [-0.15, -0.1) is 0 Å². The van der Waals surface area contributed by atoms with E-state index < -0.39 is 5.97 Å². The second-order valence-corrected chi connectivity index (χ2v) is 5.67. The van der Waals surface area contributed by atoms with E-state index in [0.717, 1.165) is 12.8 Å². The summed E-state index contributed by atoms with van der Waals surface area (Å²) in [6.07, 6.45) is 5.12. The molecule has 1 aliphatic rings. The highest BCUT2D eigenvalue weighted by Gasteiger charge is 2.24. The molecule has 2 atom stereocenters. The maximum atomic E-state index is 11.1. The number of carboxylic acid groups (broad SMARTS) is 1. The molecular weight excluding hydrogens is 242 g/mol. The molecule has 1 aromatic rings. The number of carboxylic acids is 1. The number of aromatic nitrogens is 1. The van der Waals surface area contributed by atoms with Crippen molar-refractivity contribution in [2.75, 3.05) is 0 Å². The smallest absolute Gasteiger partial charge is 0.354 e. The first-order valence-corrected chi connectivity index (χ1v) is 6.85. The summed E-state index contributed by atoms with van der Waals surface area (Å²) in [6, 6.07) is 3.52. The van der Waals surface area contributed by atoms with Crippen LogP contribution in [0.4, 0.5) is 0 Å². The second kappa shape index (κ2) is 6.15. The molecule has 0 saturated heterocycles. The van der Waals surface area contributed by atoms with Crippen LogP contribution >= 0.6 is 0 Å². The predicted octanol–water partition coefficient (Wildman–Crippen LogP) is 3.12. The first-order valence-electron chi connectivity index (χ1n) is 6.85. The molecule has 104 valence electrons. The number of carbonyl (C=O) groups is 1. The van der Waals surface area contributed by atoms with E-state index in [9.17, 15) is 4.79 Å². The normalized spacial score (nSPS) is 27.2. The maximum Gasteiger partial charge on any atom is 0.354 e. The molecule has 1 saturated carbocycles. The lowest BCUT2D eigenvalue weighted by Gasteiger charge is -2.31. The molecule has 1 fully saturated rings. The zero-order valence-corrected chi connectivity index (χ0v) is 11.5. The maximum absolute atomic E-state index is 11.1. The summed E-state index contributed by atoms with van der Waals surface area (Å²) in [6.45, 7) is 4.83. The number of nitrogens with zero attached hydrogens (tertiary/aromatic N) is 1. The van der Waals surface area contributed by atoms with E-state index in [1.54, 1.807) is 12.1 Å². The van der Waals surface area contributed by atoms with Gasteiger partial charge in [-0.25, -0.2) is 9.78 Å². The molecular formula is C15H21NO3. The SMILES string of the molecule is CC1CC(C)CC(OCc2cccnc2C(=O)O)C1. The molecule has 1 aliphatic carbocycles. The third-order valence-corrected chi connectivity index (χ3v) is 3.70. The fraction of sp³-hybridized carbons (Fsp3) is 0.600. The first-order chi connectivity index (χ1) is 9.06. The van der Waals surface area contributed by atoms with Crippen LogP contribution in [-0.2, 0) is 11.3 Å². The van der Waals surface area contributed by atoms with Crippen molar-refractivity contribution in [1.29, 1.82) is 0 Å². The van der Waals surface area contributed by atoms with Crippen molar-refractivity contribution in [3.05, 3.63) is 29.6 Å². The fourth-order valence-corrected chi connectivity index (χ4v) is 2.96. The van der Waals surface area contributed by atoms with Gasteiger partial charge < -0.3 is 9.84 Å². The van der Waals surface area contributed by atoms with Crippen molar-refractivity contribution in [2.45, 2.75) is 45.8 Å². The van der Waals surface area contributed by atoms with Crippen molar-refractivity contribution < 1.29 is 14.6 Å². The van der Waals surface area contributed by atoms with Gasteiger partial charge in [-0.2, -0.15) is 0 Å². The van der Waals surface area contributed by atoms with Crippen LogP contribution in [0.3, 0.4) is 0 Å². The molecule has 0 aliphatic heterocycles. The third kappa shape index (κ3) is 3.77. The third-order valence-electron chi connectivity index (χ3n) is 3.70. The Hall–Kier alpha value is -1.42. The van der Waals surface area contributed by atoms with Crippen LogP contribution in [0.25, 0.3) is 0 Å². The number of aromatic carboxylic acids is 1. The van der Waals surface area contributed by atoms with Crippen molar-refractivity contribution in [3.63, 3.8) is 0 Å². The molecule has 2 rings (SSSR count). The molecule has 1 aromatic heterocycles. The number of pyridine rings is 1. The molecule has 0 spiro atoms. The Morgan fingerprint density at radius 2 is 2.05 bits per heavy atom. The van der Waals surface area contributed by atoms with E-state index in [0.29, 0.717) is 24.0 Å². The Bertz CT molecular complexity index is 437. The summed E-state index contributed by atoms with van der Waals surface area (Å²) >= 11 is 0. The Kier molecular flexibility index (Phi) is 4.53. The van der Waals surface area contributed by atoms with Gasteiger partial charge in [0.15, 0.2) is 5.69 Å². The van der Waals surface area contributed by atoms with Gasteiger partial charge in [0.25, 0.3) is 0 Å². The summed E-state index contributed by atoms with van der Waals surface area (Å²) in [5.74, 6) is 0.368. The monoisotopic (exact) mass is 263 g/mol. The van der Waals surface area contributed by atoms with Crippen LogP contribution in [0.5, 0.6) is 0 Å². The molecule has 19 heavy (non-hydrogen) atoms. The molecule has 1 heterocycles. The van der Waals surface area contributed by atoms with E-state index in [-0.39, 0.29) is 11.8 Å². The lowest BCUT2D eigenvalue weighted by atomic mass is 9.82. The largest absolute Gasteiger partial charge is 0.477 e. The minimum absolute atomic E-state index is 0.0967. The van der Waals surface area contributed by atoms with Gasteiger partial charge in [-0.05, 0) is 37.2 Å². The first kappa shape index (κ1) is 14.0. The minimum atomic E-state index is -0.996. The van der Waals surface area contributed by atoms with Crippen LogP contribution in [0.15, 0.2) is 18.3 Å². The van der Waals surface area contributed by atoms with E-state index in [1.165, 1.54) is 12.6 Å². The average Bonchev–Trinajstić information content (AvgIpc) is 2.35. The Morgan fingerprint density at radius 1 is 1.37 bits per heavy atom. The Morgan fingerprint density at radius 3 is 2.68 bits per heavy atom. The lowest BCUT2D eigenvalue weighted by molar-refractivity contribution is -0.00970. The Balaban J connectivity index is 1.97. The van der Waals surface area contributed by atoms with Gasteiger partial charge in [0.2, 0.25) is 0 Å². The van der Waals surface area contributed by atoms with Crippen molar-refractivity contribution in [2.24, 2.45) is 11.8 Å². The van der Waals surface area contributed by atoms with Gasteiger partial charge in [0.05, 0.1) is 12.7 Å². The molecule has 1 N–H and O–H groups in total. The number of ether oxygens (including phenoxy) is 1. The molecule has 0 aromatic carbocycles. The van der Waals surface area contributed by atoms with Gasteiger partial charge in [0.1, 0.15) is 0 Å². The highest BCUT2D eigenvalue weighted by molar-refractivity contribution is 5.86. The number of hydrogen-bond acceptors (Lipinski definition) is 3. The highest BCUT2D eigenvalue weighted by atomic mass is 16.5. The van der Waals surface area contributed by atoms with E-state index in [1.807, 2.05) is 0 Å². The molecule has 2 unspecified atom stereocenters. The van der Waals surface area contributed by atoms with Gasteiger partial charge in [-0.1, -0.05) is 19.9 Å². The summed E-state index contributed by atoms with van der Waals surface area (Å²) in [7, 11) is 0. The van der Waals surface area contributed by atoms with Gasteiger partial charge in [-0.3, -0.25) is 0 Å². The summed E-state index contributed by atoms with van der Waals surface area (Å²) in [5, 5.41) is 9.07. The molecule has 4 nitrogen and oxygen atoms in total. The van der Waals surface area contributed by atoms with E-state index in [4.69, 9.17) is 9.84 Å². The number of hydrogen-bond donors (Lipinski definition) is 1. The van der Waals surface area contributed by atoms with Crippen LogP contribution in [-0.4, -0.2) is 22.2 Å². The number of rotatable bonds is 4. The Labute approximate surface area is 113 Å². The van der Waals surface area contributed by atoms with E-state index in [2.05, 4.69) is 18.8 Å². The molecule has 0 radical (unpaired) electrons.